The predicted molar refractivity (Wildman–Crippen MR) is 116 cm³/mol. The minimum atomic E-state index is -4.09. The molecule has 0 aliphatic carbocycles. The molecule has 154 valence electrons. The van der Waals surface area contributed by atoms with E-state index >= 15 is 0 Å². The molecular formula is C22H24ClNO4S. The summed E-state index contributed by atoms with van der Waals surface area (Å²) in [4.78, 5) is 15.2. The van der Waals surface area contributed by atoms with Gasteiger partial charge in [-0.15, -0.1) is 0 Å². The molecule has 0 bridgehead atoms. The third-order valence-corrected chi connectivity index (χ3v) is 6.12. The molecule has 2 aromatic carbocycles. The number of rotatable bonds is 7. The first kappa shape index (κ1) is 21.7. The summed E-state index contributed by atoms with van der Waals surface area (Å²) in [7, 11) is -4.09. The summed E-state index contributed by atoms with van der Waals surface area (Å²) in [6.07, 6.45) is 3.71. The number of ketones is 1. The summed E-state index contributed by atoms with van der Waals surface area (Å²) >= 11 is 5.96. The van der Waals surface area contributed by atoms with E-state index in [2.05, 4.69) is 11.0 Å². The van der Waals surface area contributed by atoms with Crippen LogP contribution in [-0.4, -0.2) is 42.8 Å². The van der Waals surface area contributed by atoms with Crippen molar-refractivity contribution in [1.82, 2.24) is 4.90 Å². The highest BCUT2D eigenvalue weighted by atomic mass is 35.5. The van der Waals surface area contributed by atoms with Crippen LogP contribution in [0.15, 0.2) is 54.6 Å². The van der Waals surface area contributed by atoms with Crippen molar-refractivity contribution < 1.29 is 17.8 Å². The molecule has 7 heteroatoms. The molecule has 0 aromatic heterocycles. The van der Waals surface area contributed by atoms with E-state index in [1.807, 2.05) is 31.2 Å². The van der Waals surface area contributed by atoms with E-state index in [9.17, 15) is 13.2 Å². The van der Waals surface area contributed by atoms with Gasteiger partial charge >= 0.3 is 0 Å². The number of benzene rings is 2. The molecule has 29 heavy (non-hydrogen) atoms. The summed E-state index contributed by atoms with van der Waals surface area (Å²) < 4.78 is 30.9. The Morgan fingerprint density at radius 2 is 1.79 bits per heavy atom. The van der Waals surface area contributed by atoms with Gasteiger partial charge in [0.05, 0.1) is 6.04 Å². The minimum Gasteiger partial charge on any atom is -0.292 e. The van der Waals surface area contributed by atoms with Crippen LogP contribution in [0.1, 0.15) is 41.3 Å². The lowest BCUT2D eigenvalue weighted by atomic mass is 9.95. The van der Waals surface area contributed by atoms with Gasteiger partial charge in [0.1, 0.15) is 5.75 Å². The van der Waals surface area contributed by atoms with Crippen LogP contribution in [0.5, 0.6) is 0 Å². The molecule has 0 spiro atoms. The fourth-order valence-electron chi connectivity index (χ4n) is 3.67. The molecule has 1 heterocycles. The van der Waals surface area contributed by atoms with Crippen LogP contribution in [0.2, 0.25) is 5.02 Å². The van der Waals surface area contributed by atoms with E-state index in [1.165, 1.54) is 5.57 Å². The number of halogens is 1. The molecular weight excluding hydrogens is 410 g/mol. The molecule has 0 radical (unpaired) electrons. The third kappa shape index (κ3) is 5.76. The summed E-state index contributed by atoms with van der Waals surface area (Å²) in [5.74, 6) is -0.433. The zero-order valence-corrected chi connectivity index (χ0v) is 17.8. The van der Waals surface area contributed by atoms with Gasteiger partial charge < -0.3 is 0 Å². The van der Waals surface area contributed by atoms with E-state index in [0.29, 0.717) is 29.1 Å². The Kier molecular flexibility index (Phi) is 6.90. The summed E-state index contributed by atoms with van der Waals surface area (Å²) in [5.41, 5.74) is 3.41. The Bertz CT molecular complexity index is 998. The lowest BCUT2D eigenvalue weighted by Crippen LogP contribution is -2.43. The topological polar surface area (TPSA) is 74.7 Å². The van der Waals surface area contributed by atoms with Crippen LogP contribution in [-0.2, 0) is 15.9 Å². The lowest BCUT2D eigenvalue weighted by Gasteiger charge is -2.32. The second-order valence-corrected chi connectivity index (χ2v) is 9.08. The molecule has 1 N–H and O–H groups in total. The zero-order chi connectivity index (χ0) is 21.0. The molecule has 2 aromatic rings. The highest BCUT2D eigenvalue weighted by molar-refractivity contribution is 7.85. The number of hydrogen-bond acceptors (Lipinski definition) is 4. The highest BCUT2D eigenvalue weighted by Crippen LogP contribution is 2.26. The van der Waals surface area contributed by atoms with Crippen molar-refractivity contribution in [2.75, 3.05) is 13.1 Å². The van der Waals surface area contributed by atoms with Crippen LogP contribution >= 0.6 is 11.6 Å². The maximum atomic E-state index is 13.0. The minimum absolute atomic E-state index is 0.0225. The van der Waals surface area contributed by atoms with E-state index in [4.69, 9.17) is 16.2 Å². The van der Waals surface area contributed by atoms with Crippen molar-refractivity contribution in [1.29, 1.82) is 0 Å². The van der Waals surface area contributed by atoms with Gasteiger partial charge in [-0.25, -0.2) is 0 Å². The molecule has 5 nitrogen and oxygen atoms in total. The van der Waals surface area contributed by atoms with Gasteiger partial charge in [-0.05, 0) is 41.7 Å². The SMILES string of the molecule is CCC(C(=O)c1ccc(CS(=O)(=O)O)cc1)N1CC=C(c2ccc(Cl)cc2)CC1. The van der Waals surface area contributed by atoms with Crippen molar-refractivity contribution in [2.45, 2.75) is 31.6 Å². The van der Waals surface area contributed by atoms with Crippen LogP contribution in [0.25, 0.3) is 5.57 Å². The molecule has 0 fully saturated rings. The molecule has 0 amide bonds. The smallest absolute Gasteiger partial charge is 0.269 e. The average molecular weight is 434 g/mol. The average Bonchev–Trinajstić information content (AvgIpc) is 2.69. The van der Waals surface area contributed by atoms with E-state index in [-0.39, 0.29) is 11.8 Å². The zero-order valence-electron chi connectivity index (χ0n) is 16.2. The molecule has 1 aliphatic rings. The van der Waals surface area contributed by atoms with Gasteiger partial charge in [0.15, 0.2) is 5.78 Å². The van der Waals surface area contributed by atoms with Crippen molar-refractivity contribution in [3.8, 4) is 0 Å². The van der Waals surface area contributed by atoms with Gasteiger partial charge in [-0.2, -0.15) is 8.42 Å². The monoisotopic (exact) mass is 433 g/mol. The van der Waals surface area contributed by atoms with E-state index < -0.39 is 15.9 Å². The number of carbonyl (C=O) groups is 1. The number of Topliss-reactive ketones (excluding diaryl/α,β-unsaturated/α-hetero) is 1. The quantitative estimate of drug-likeness (QED) is 0.514. The van der Waals surface area contributed by atoms with Gasteiger partial charge in [-0.3, -0.25) is 14.2 Å². The standard InChI is InChI=1S/C22H24ClNO4S/c1-2-21(22(25)19-5-3-16(4-6-19)15-29(26,27)28)24-13-11-18(12-14-24)17-7-9-20(23)10-8-17/h3-11,21H,2,12-15H2,1H3,(H,26,27,28). The molecule has 1 aliphatic heterocycles. The first-order valence-corrected chi connectivity index (χ1v) is 11.5. The Balaban J connectivity index is 1.69. The molecule has 1 unspecified atom stereocenters. The van der Waals surface area contributed by atoms with Gasteiger partial charge in [0, 0.05) is 23.7 Å². The van der Waals surface area contributed by atoms with Crippen molar-refractivity contribution in [2.24, 2.45) is 0 Å². The maximum Gasteiger partial charge on any atom is 0.269 e. The van der Waals surface area contributed by atoms with Crippen molar-refractivity contribution in [3.05, 3.63) is 76.3 Å². The first-order chi connectivity index (χ1) is 13.8. The van der Waals surface area contributed by atoms with Crippen LogP contribution in [0, 0.1) is 0 Å². The van der Waals surface area contributed by atoms with Crippen LogP contribution in [0.3, 0.4) is 0 Å². The Morgan fingerprint density at radius 1 is 1.14 bits per heavy atom. The molecule has 0 saturated carbocycles. The molecule has 3 rings (SSSR count). The number of carbonyl (C=O) groups excluding carboxylic acids is 1. The van der Waals surface area contributed by atoms with E-state index in [1.54, 1.807) is 24.3 Å². The van der Waals surface area contributed by atoms with Gasteiger partial charge in [0.25, 0.3) is 10.1 Å². The predicted octanol–water partition coefficient (Wildman–Crippen LogP) is 4.48. The summed E-state index contributed by atoms with van der Waals surface area (Å²) in [6.45, 7) is 3.48. The van der Waals surface area contributed by atoms with Crippen molar-refractivity contribution >= 4 is 33.1 Å². The van der Waals surface area contributed by atoms with Gasteiger partial charge in [0.2, 0.25) is 0 Å². The second kappa shape index (κ2) is 9.22. The number of nitrogens with zero attached hydrogens (tertiary/aromatic N) is 1. The van der Waals surface area contributed by atoms with Gasteiger partial charge in [-0.1, -0.05) is 61.0 Å². The first-order valence-electron chi connectivity index (χ1n) is 9.54. The van der Waals surface area contributed by atoms with E-state index in [0.717, 1.165) is 18.5 Å². The normalized spacial score (nSPS) is 16.3. The Hall–Kier alpha value is -1.99. The summed E-state index contributed by atoms with van der Waals surface area (Å²) in [6, 6.07) is 14.0. The van der Waals surface area contributed by atoms with Crippen LogP contribution < -0.4 is 0 Å². The Labute approximate surface area is 176 Å². The van der Waals surface area contributed by atoms with Crippen molar-refractivity contribution in [3.63, 3.8) is 0 Å². The second-order valence-electron chi connectivity index (χ2n) is 7.19. The fourth-order valence-corrected chi connectivity index (χ4v) is 4.41. The maximum absolute atomic E-state index is 13.0. The summed E-state index contributed by atoms with van der Waals surface area (Å²) in [5, 5.41) is 0.714. The fraction of sp³-hybridized carbons (Fsp3) is 0.318. The lowest BCUT2D eigenvalue weighted by molar-refractivity contribution is 0.0826. The largest absolute Gasteiger partial charge is 0.292 e. The molecule has 1 atom stereocenters. The Morgan fingerprint density at radius 3 is 2.31 bits per heavy atom. The molecule has 0 saturated heterocycles. The number of hydrogen-bond donors (Lipinski definition) is 1. The third-order valence-electron chi connectivity index (χ3n) is 5.17. The van der Waals surface area contributed by atoms with Crippen LogP contribution in [0.4, 0.5) is 0 Å². The highest BCUT2D eigenvalue weighted by Gasteiger charge is 2.26.